The van der Waals surface area contributed by atoms with E-state index in [2.05, 4.69) is 10.4 Å². The molecule has 2 atom stereocenters. The Morgan fingerprint density at radius 3 is 2.81 bits per heavy atom. The summed E-state index contributed by atoms with van der Waals surface area (Å²) in [4.78, 5) is 27.6. The third kappa shape index (κ3) is 4.20. The molecule has 1 aliphatic rings. The number of nitrogens with zero attached hydrogens (tertiary/aromatic N) is 4. The van der Waals surface area contributed by atoms with Crippen molar-refractivity contribution in [1.82, 2.24) is 24.9 Å². The first-order chi connectivity index (χ1) is 12.4. The summed E-state index contributed by atoms with van der Waals surface area (Å²) in [5.74, 6) is -0.175. The summed E-state index contributed by atoms with van der Waals surface area (Å²) in [5, 5.41) is 18.5. The molecule has 0 aliphatic carbocycles. The molecule has 2 aromatic rings. The lowest BCUT2D eigenvalue weighted by atomic mass is 10.0. The van der Waals surface area contributed by atoms with Gasteiger partial charge in [-0.05, 0) is 12.5 Å². The highest BCUT2D eigenvalue weighted by Gasteiger charge is 2.30. The smallest absolute Gasteiger partial charge is 0.242 e. The topological polar surface area (TPSA) is 90.7 Å². The van der Waals surface area contributed by atoms with Crippen LogP contribution < -0.4 is 5.32 Å². The molecule has 0 bridgehead atoms. The molecule has 0 saturated carbocycles. The van der Waals surface area contributed by atoms with E-state index in [9.17, 15) is 14.7 Å². The number of amides is 2. The Labute approximate surface area is 152 Å². The van der Waals surface area contributed by atoms with E-state index in [1.54, 1.807) is 25.0 Å². The second kappa shape index (κ2) is 7.84. The lowest BCUT2D eigenvalue weighted by Gasteiger charge is -2.36. The summed E-state index contributed by atoms with van der Waals surface area (Å²) in [6.45, 7) is 1.42. The number of aromatic nitrogens is 2. The number of hydrogen-bond donors (Lipinski definition) is 2. The first kappa shape index (κ1) is 18.3. The van der Waals surface area contributed by atoms with Crippen LogP contribution in [-0.4, -0.2) is 82.4 Å². The number of piperidine rings is 1. The van der Waals surface area contributed by atoms with Gasteiger partial charge in [-0.15, -0.1) is 0 Å². The fourth-order valence-electron chi connectivity index (χ4n) is 3.18. The number of nitrogens with one attached hydrogen (secondary N) is 1. The molecule has 1 aromatic carbocycles. The lowest BCUT2D eigenvalue weighted by Crippen LogP contribution is -2.55. The van der Waals surface area contributed by atoms with Crippen LogP contribution in [0.4, 0.5) is 0 Å². The second-order valence-electron chi connectivity index (χ2n) is 6.91. The van der Waals surface area contributed by atoms with E-state index in [1.807, 2.05) is 29.2 Å². The highest BCUT2D eigenvalue weighted by molar-refractivity contribution is 5.82. The van der Waals surface area contributed by atoms with Crippen molar-refractivity contribution in [3.63, 3.8) is 0 Å². The van der Waals surface area contributed by atoms with Crippen LogP contribution >= 0.6 is 0 Å². The molecule has 1 aromatic heterocycles. The molecule has 0 radical (unpaired) electrons. The van der Waals surface area contributed by atoms with Crippen molar-refractivity contribution in [2.75, 3.05) is 33.7 Å². The summed E-state index contributed by atoms with van der Waals surface area (Å²) in [6, 6.07) is 7.40. The molecular formula is C18H25N5O3. The quantitative estimate of drug-likeness (QED) is 0.763. The van der Waals surface area contributed by atoms with Gasteiger partial charge in [0.15, 0.2) is 0 Å². The van der Waals surface area contributed by atoms with Gasteiger partial charge in [-0.3, -0.25) is 19.2 Å². The van der Waals surface area contributed by atoms with Crippen LogP contribution in [0.1, 0.15) is 6.42 Å². The molecular weight excluding hydrogens is 334 g/mol. The number of carbonyl (C=O) groups excluding carboxylic acids is 2. The van der Waals surface area contributed by atoms with E-state index in [0.29, 0.717) is 19.5 Å². The maximum absolute atomic E-state index is 12.4. The molecule has 0 unspecified atom stereocenters. The van der Waals surface area contributed by atoms with Crippen molar-refractivity contribution in [3.8, 4) is 0 Å². The summed E-state index contributed by atoms with van der Waals surface area (Å²) >= 11 is 0. The highest BCUT2D eigenvalue weighted by Crippen LogP contribution is 2.14. The summed E-state index contributed by atoms with van der Waals surface area (Å²) in [6.07, 6.45) is 1.64. The van der Waals surface area contributed by atoms with E-state index < -0.39 is 6.10 Å². The first-order valence-corrected chi connectivity index (χ1v) is 8.74. The van der Waals surface area contributed by atoms with Crippen molar-refractivity contribution in [2.24, 2.45) is 0 Å². The molecule has 140 valence electrons. The van der Waals surface area contributed by atoms with Crippen molar-refractivity contribution >= 4 is 22.7 Å². The molecule has 26 heavy (non-hydrogen) atoms. The number of para-hydroxylation sites is 1. The molecule has 2 N–H and O–H groups in total. The van der Waals surface area contributed by atoms with E-state index in [1.165, 1.54) is 4.90 Å². The predicted molar refractivity (Wildman–Crippen MR) is 97.4 cm³/mol. The number of carbonyl (C=O) groups is 2. The first-order valence-electron chi connectivity index (χ1n) is 8.74. The van der Waals surface area contributed by atoms with E-state index in [0.717, 1.165) is 10.9 Å². The molecule has 8 heteroatoms. The van der Waals surface area contributed by atoms with Gasteiger partial charge in [0, 0.05) is 32.6 Å². The molecule has 1 saturated heterocycles. The van der Waals surface area contributed by atoms with Crippen LogP contribution in [0.5, 0.6) is 0 Å². The molecule has 2 heterocycles. The Hall–Kier alpha value is -2.45. The SMILES string of the molecule is CN(C)C(=O)CN1CC[C@@H](NC(=O)Cn2ncc3ccccc32)[C@H](O)C1. The number of benzene rings is 1. The van der Waals surface area contributed by atoms with Crippen molar-refractivity contribution < 1.29 is 14.7 Å². The third-order valence-corrected chi connectivity index (χ3v) is 4.71. The average molecular weight is 359 g/mol. The van der Waals surface area contributed by atoms with Crippen molar-refractivity contribution in [1.29, 1.82) is 0 Å². The zero-order valence-electron chi connectivity index (χ0n) is 15.1. The number of fused-ring (bicyclic) bond motifs is 1. The van der Waals surface area contributed by atoms with Gasteiger partial charge in [-0.25, -0.2) is 0 Å². The van der Waals surface area contributed by atoms with E-state index in [4.69, 9.17) is 0 Å². The molecule has 0 spiro atoms. The van der Waals surface area contributed by atoms with Gasteiger partial charge in [0.05, 0.1) is 30.4 Å². The van der Waals surface area contributed by atoms with E-state index in [-0.39, 0.29) is 30.9 Å². The van der Waals surface area contributed by atoms with Crippen molar-refractivity contribution in [2.45, 2.75) is 25.1 Å². The monoisotopic (exact) mass is 359 g/mol. The number of β-amino-alcohol motifs (C(OH)–C–C–N with tert-alkyl or cyclic N) is 1. The zero-order chi connectivity index (χ0) is 18.7. The van der Waals surface area contributed by atoms with Crippen LogP contribution in [0.25, 0.3) is 10.9 Å². The normalized spacial score (nSPS) is 20.9. The summed E-state index contributed by atoms with van der Waals surface area (Å²) in [7, 11) is 3.43. The average Bonchev–Trinajstić information content (AvgIpc) is 3.00. The van der Waals surface area contributed by atoms with E-state index >= 15 is 0 Å². The Bertz CT molecular complexity index is 788. The minimum Gasteiger partial charge on any atom is -0.390 e. The minimum atomic E-state index is -0.697. The summed E-state index contributed by atoms with van der Waals surface area (Å²) in [5.41, 5.74) is 0.903. The Morgan fingerprint density at radius 1 is 1.31 bits per heavy atom. The number of likely N-dealkylation sites (N-methyl/N-ethyl adjacent to an activating group) is 1. The number of hydrogen-bond acceptors (Lipinski definition) is 5. The van der Waals surface area contributed by atoms with Gasteiger partial charge in [0.1, 0.15) is 6.54 Å². The number of aliphatic hydroxyl groups is 1. The number of likely N-dealkylation sites (tertiary alicyclic amines) is 1. The molecule has 3 rings (SSSR count). The zero-order valence-corrected chi connectivity index (χ0v) is 15.1. The van der Waals surface area contributed by atoms with Crippen molar-refractivity contribution in [3.05, 3.63) is 30.5 Å². The predicted octanol–water partition coefficient (Wildman–Crippen LogP) is -0.324. The van der Waals surface area contributed by atoms with Crippen LogP contribution in [0.15, 0.2) is 30.5 Å². The molecule has 8 nitrogen and oxygen atoms in total. The van der Waals surface area contributed by atoms with Crippen LogP contribution in [0.3, 0.4) is 0 Å². The highest BCUT2D eigenvalue weighted by atomic mass is 16.3. The fourth-order valence-corrected chi connectivity index (χ4v) is 3.18. The molecule has 2 amide bonds. The van der Waals surface area contributed by atoms with Gasteiger partial charge < -0.3 is 15.3 Å². The fraction of sp³-hybridized carbons (Fsp3) is 0.500. The second-order valence-corrected chi connectivity index (χ2v) is 6.91. The number of aliphatic hydroxyl groups excluding tert-OH is 1. The lowest BCUT2D eigenvalue weighted by molar-refractivity contribution is -0.131. The van der Waals surface area contributed by atoms with Gasteiger partial charge in [0.25, 0.3) is 0 Å². The van der Waals surface area contributed by atoms with Crippen LogP contribution in [0.2, 0.25) is 0 Å². The Balaban J connectivity index is 1.53. The van der Waals surface area contributed by atoms with Gasteiger partial charge in [-0.1, -0.05) is 18.2 Å². The maximum atomic E-state index is 12.4. The maximum Gasteiger partial charge on any atom is 0.242 e. The Kier molecular flexibility index (Phi) is 5.53. The third-order valence-electron chi connectivity index (χ3n) is 4.71. The summed E-state index contributed by atoms with van der Waals surface area (Å²) < 4.78 is 1.65. The Morgan fingerprint density at radius 2 is 2.08 bits per heavy atom. The molecule has 1 aliphatic heterocycles. The van der Waals surface area contributed by atoms with Gasteiger partial charge in [0.2, 0.25) is 11.8 Å². The van der Waals surface area contributed by atoms with Gasteiger partial charge in [-0.2, -0.15) is 5.10 Å². The van der Waals surface area contributed by atoms with Gasteiger partial charge >= 0.3 is 0 Å². The standard InChI is InChI=1S/C18H25N5O3/c1-21(2)18(26)12-22-8-7-14(16(24)10-22)20-17(25)11-23-15-6-4-3-5-13(15)9-19-23/h3-6,9,14,16,24H,7-8,10-12H2,1-2H3,(H,20,25)/t14-,16-/m1/s1. The molecule has 1 fully saturated rings. The minimum absolute atomic E-state index is 0.00486. The number of rotatable bonds is 5. The largest absolute Gasteiger partial charge is 0.390 e. The van der Waals surface area contributed by atoms with Crippen LogP contribution in [0, 0.1) is 0 Å². The van der Waals surface area contributed by atoms with Crippen LogP contribution in [-0.2, 0) is 16.1 Å².